The second-order valence-corrected chi connectivity index (χ2v) is 6.61. The number of pyridine rings is 1. The van der Waals surface area contributed by atoms with Crippen molar-refractivity contribution in [3.05, 3.63) is 38.6 Å². The van der Waals surface area contributed by atoms with Crippen LogP contribution >= 0.6 is 27.3 Å². The largest absolute Gasteiger partial charge is 0.369 e. The summed E-state index contributed by atoms with van der Waals surface area (Å²) in [5, 5.41) is 0. The fourth-order valence-electron chi connectivity index (χ4n) is 1.90. The van der Waals surface area contributed by atoms with Crippen molar-refractivity contribution in [2.24, 2.45) is 0 Å². The Balaban J connectivity index is 2.11. The summed E-state index contributed by atoms with van der Waals surface area (Å²) in [6, 6.07) is 6.06. The summed E-state index contributed by atoms with van der Waals surface area (Å²) in [5.41, 5.74) is 8.80. The van der Waals surface area contributed by atoms with Gasteiger partial charge in [0.05, 0.1) is 10.3 Å². The zero-order valence-corrected chi connectivity index (χ0v) is 12.1. The molecule has 6 heteroatoms. The maximum atomic E-state index is 5.98. The highest BCUT2D eigenvalue weighted by Gasteiger charge is 2.12. The molecule has 0 unspecified atom stereocenters. The van der Waals surface area contributed by atoms with Gasteiger partial charge in [-0.1, -0.05) is 0 Å². The molecule has 0 bridgehead atoms. The number of aryl methyl sites for hydroxylation is 1. The van der Waals surface area contributed by atoms with E-state index in [1.54, 1.807) is 17.5 Å². The maximum absolute atomic E-state index is 5.98. The lowest BCUT2D eigenvalue weighted by Gasteiger charge is -2.03. The zero-order chi connectivity index (χ0) is 12.7. The smallest absolute Gasteiger partial charge is 0.202 e. The van der Waals surface area contributed by atoms with Gasteiger partial charge in [0.2, 0.25) is 5.95 Å². The predicted molar refractivity (Wildman–Crippen MR) is 77.8 cm³/mol. The molecule has 3 heterocycles. The second kappa shape index (κ2) is 4.37. The van der Waals surface area contributed by atoms with Gasteiger partial charge in [0.15, 0.2) is 5.65 Å². The molecule has 4 nitrogen and oxygen atoms in total. The van der Waals surface area contributed by atoms with Crippen molar-refractivity contribution >= 4 is 44.4 Å². The van der Waals surface area contributed by atoms with Crippen LogP contribution in [0.5, 0.6) is 0 Å². The number of hydrogen-bond donors (Lipinski definition) is 1. The van der Waals surface area contributed by atoms with Crippen LogP contribution in [-0.2, 0) is 6.54 Å². The van der Waals surface area contributed by atoms with E-state index in [1.807, 2.05) is 23.6 Å². The third-order valence-electron chi connectivity index (χ3n) is 2.81. The molecule has 0 atom stereocenters. The van der Waals surface area contributed by atoms with Gasteiger partial charge in [-0.3, -0.25) is 4.57 Å². The molecule has 0 aliphatic rings. The van der Waals surface area contributed by atoms with Gasteiger partial charge in [0, 0.05) is 11.1 Å². The van der Waals surface area contributed by atoms with Crippen molar-refractivity contribution < 1.29 is 0 Å². The molecule has 3 aromatic rings. The molecule has 0 aliphatic heterocycles. The van der Waals surface area contributed by atoms with E-state index in [9.17, 15) is 0 Å². The number of nitrogens with two attached hydrogens (primary N) is 1. The Morgan fingerprint density at radius 2 is 2.22 bits per heavy atom. The van der Waals surface area contributed by atoms with E-state index in [0.717, 1.165) is 20.5 Å². The van der Waals surface area contributed by atoms with Gasteiger partial charge in [-0.05, 0) is 46.6 Å². The Hall–Kier alpha value is -1.40. The molecular weight excluding hydrogens is 312 g/mol. The first-order chi connectivity index (χ1) is 8.65. The fourth-order valence-corrected chi connectivity index (χ4v) is 3.38. The van der Waals surface area contributed by atoms with Gasteiger partial charge in [0.1, 0.15) is 5.52 Å². The third kappa shape index (κ3) is 1.91. The zero-order valence-electron chi connectivity index (χ0n) is 9.72. The van der Waals surface area contributed by atoms with Gasteiger partial charge in [0.25, 0.3) is 0 Å². The number of fused-ring (bicyclic) bond motifs is 1. The average Bonchev–Trinajstić information content (AvgIpc) is 2.87. The first-order valence-electron chi connectivity index (χ1n) is 5.46. The first-order valence-corrected chi connectivity index (χ1v) is 7.07. The minimum Gasteiger partial charge on any atom is -0.369 e. The molecular formula is C12H11BrN4S. The Morgan fingerprint density at radius 1 is 1.39 bits per heavy atom. The molecule has 3 aromatic heterocycles. The maximum Gasteiger partial charge on any atom is 0.202 e. The molecule has 92 valence electrons. The SMILES string of the molecule is Cc1ccnc2c1nc(N)n2Cc1ccc(Br)s1. The van der Waals surface area contributed by atoms with E-state index in [4.69, 9.17) is 5.73 Å². The standard InChI is InChI=1S/C12H11BrN4S/c1-7-4-5-15-11-10(7)16-12(14)17(11)6-8-2-3-9(13)18-8/h2-5H,6H2,1H3,(H2,14,16). The fraction of sp³-hybridized carbons (Fsp3) is 0.167. The Kier molecular flexibility index (Phi) is 2.83. The summed E-state index contributed by atoms with van der Waals surface area (Å²) in [7, 11) is 0. The van der Waals surface area contributed by atoms with Gasteiger partial charge in [-0.25, -0.2) is 9.97 Å². The Morgan fingerprint density at radius 3 is 2.94 bits per heavy atom. The highest BCUT2D eigenvalue weighted by molar-refractivity contribution is 9.11. The highest BCUT2D eigenvalue weighted by Crippen LogP contribution is 2.25. The van der Waals surface area contributed by atoms with Gasteiger partial charge >= 0.3 is 0 Å². The molecule has 18 heavy (non-hydrogen) atoms. The van der Waals surface area contributed by atoms with Crippen LogP contribution in [0.4, 0.5) is 5.95 Å². The van der Waals surface area contributed by atoms with Gasteiger partial charge in [-0.2, -0.15) is 0 Å². The van der Waals surface area contributed by atoms with E-state index in [-0.39, 0.29) is 0 Å². The van der Waals surface area contributed by atoms with Crippen molar-refractivity contribution in [2.45, 2.75) is 13.5 Å². The van der Waals surface area contributed by atoms with E-state index < -0.39 is 0 Å². The van der Waals surface area contributed by atoms with Crippen LogP contribution in [0.1, 0.15) is 10.4 Å². The molecule has 3 rings (SSSR count). The third-order valence-corrected chi connectivity index (χ3v) is 4.42. The van der Waals surface area contributed by atoms with E-state index in [2.05, 4.69) is 32.0 Å². The van der Waals surface area contributed by atoms with Gasteiger partial charge in [-0.15, -0.1) is 11.3 Å². The minimum absolute atomic E-state index is 0.510. The number of imidazole rings is 1. The van der Waals surface area contributed by atoms with Crippen LogP contribution in [0.3, 0.4) is 0 Å². The number of rotatable bonds is 2. The topological polar surface area (TPSA) is 56.7 Å². The number of anilines is 1. The molecule has 0 fully saturated rings. The van der Waals surface area contributed by atoms with Crippen LogP contribution in [0.2, 0.25) is 0 Å². The van der Waals surface area contributed by atoms with Crippen molar-refractivity contribution in [3.63, 3.8) is 0 Å². The number of nitrogens with zero attached hydrogens (tertiary/aromatic N) is 3. The Bertz CT molecular complexity index is 716. The molecule has 0 saturated carbocycles. The lowest BCUT2D eigenvalue weighted by Crippen LogP contribution is -2.04. The van der Waals surface area contributed by atoms with Crippen molar-refractivity contribution in [1.29, 1.82) is 0 Å². The normalized spacial score (nSPS) is 11.2. The number of hydrogen-bond acceptors (Lipinski definition) is 4. The van der Waals surface area contributed by atoms with Crippen LogP contribution < -0.4 is 5.73 Å². The quantitative estimate of drug-likeness (QED) is 0.788. The summed E-state index contributed by atoms with van der Waals surface area (Å²) in [5.74, 6) is 0.510. The van der Waals surface area contributed by atoms with E-state index >= 15 is 0 Å². The average molecular weight is 323 g/mol. The van der Waals surface area contributed by atoms with Crippen LogP contribution in [-0.4, -0.2) is 14.5 Å². The van der Waals surface area contributed by atoms with E-state index in [1.165, 1.54) is 4.88 Å². The van der Waals surface area contributed by atoms with Crippen LogP contribution in [0, 0.1) is 6.92 Å². The number of halogens is 1. The highest BCUT2D eigenvalue weighted by atomic mass is 79.9. The molecule has 0 spiro atoms. The van der Waals surface area contributed by atoms with Crippen molar-refractivity contribution in [2.75, 3.05) is 5.73 Å². The summed E-state index contributed by atoms with van der Waals surface area (Å²) in [6.07, 6.45) is 1.79. The summed E-state index contributed by atoms with van der Waals surface area (Å²) >= 11 is 5.16. The number of thiophene rings is 1. The molecule has 0 saturated heterocycles. The minimum atomic E-state index is 0.510. The van der Waals surface area contributed by atoms with Gasteiger partial charge < -0.3 is 5.73 Å². The van der Waals surface area contributed by atoms with Crippen LogP contribution in [0.15, 0.2) is 28.2 Å². The second-order valence-electron chi connectivity index (χ2n) is 4.06. The first kappa shape index (κ1) is 11.7. The van der Waals surface area contributed by atoms with Crippen LogP contribution in [0.25, 0.3) is 11.2 Å². The molecule has 0 aliphatic carbocycles. The van der Waals surface area contributed by atoms with E-state index in [0.29, 0.717) is 12.5 Å². The summed E-state index contributed by atoms with van der Waals surface area (Å²) in [6.45, 7) is 2.72. The number of aromatic nitrogens is 3. The number of nitrogen functional groups attached to an aromatic ring is 1. The lowest BCUT2D eigenvalue weighted by atomic mass is 10.3. The molecule has 0 radical (unpaired) electrons. The van der Waals surface area contributed by atoms with Crippen molar-refractivity contribution in [1.82, 2.24) is 14.5 Å². The Labute approximate surface area is 117 Å². The molecule has 0 aromatic carbocycles. The lowest BCUT2D eigenvalue weighted by molar-refractivity contribution is 0.841. The summed E-state index contributed by atoms with van der Waals surface area (Å²) in [4.78, 5) is 9.98. The predicted octanol–water partition coefficient (Wildman–Crippen LogP) is 3.19. The van der Waals surface area contributed by atoms with Crippen molar-refractivity contribution in [3.8, 4) is 0 Å². The monoisotopic (exact) mass is 322 g/mol. The summed E-state index contributed by atoms with van der Waals surface area (Å²) < 4.78 is 3.06. The molecule has 2 N–H and O–H groups in total. The molecule has 0 amide bonds.